The van der Waals surface area contributed by atoms with Crippen molar-refractivity contribution in [2.75, 3.05) is 13.7 Å². The van der Waals surface area contributed by atoms with Gasteiger partial charge in [-0.1, -0.05) is 59.6 Å². The Morgan fingerprint density at radius 3 is 2.39 bits per heavy atom. The standard InChI is InChI=1S/C28H27ClN2O4S/c1-4-34-23-15-20(11-14-22(23)35-16-18-7-5-17(2)6-8-18)26-24(27(32)33-3)25(30-28(36)31-26)19-9-12-21(29)13-10-19/h5-15,26H,4,16H2,1-3H3,(H2,30,31,36)/t26-/m0/s1. The molecule has 1 atom stereocenters. The summed E-state index contributed by atoms with van der Waals surface area (Å²) < 4.78 is 17.1. The summed E-state index contributed by atoms with van der Waals surface area (Å²) in [6.45, 7) is 4.82. The summed E-state index contributed by atoms with van der Waals surface area (Å²) in [7, 11) is 1.35. The van der Waals surface area contributed by atoms with E-state index in [2.05, 4.69) is 22.8 Å². The van der Waals surface area contributed by atoms with Gasteiger partial charge in [0.25, 0.3) is 0 Å². The molecule has 0 saturated heterocycles. The third-order valence-corrected chi connectivity index (χ3v) is 6.20. The monoisotopic (exact) mass is 522 g/mol. The second-order valence-corrected chi connectivity index (χ2v) is 9.08. The molecule has 186 valence electrons. The molecule has 0 amide bonds. The van der Waals surface area contributed by atoms with Gasteiger partial charge in [0.15, 0.2) is 16.6 Å². The third kappa shape index (κ3) is 5.80. The lowest BCUT2D eigenvalue weighted by atomic mass is 9.92. The number of ether oxygens (including phenoxy) is 3. The van der Waals surface area contributed by atoms with Gasteiger partial charge >= 0.3 is 5.97 Å². The molecule has 3 aromatic rings. The van der Waals surface area contributed by atoms with Crippen LogP contribution in [0.5, 0.6) is 11.5 Å². The van der Waals surface area contributed by atoms with Crippen LogP contribution in [0.2, 0.25) is 5.02 Å². The van der Waals surface area contributed by atoms with E-state index in [4.69, 9.17) is 38.0 Å². The highest BCUT2D eigenvalue weighted by Gasteiger charge is 2.33. The van der Waals surface area contributed by atoms with E-state index in [0.717, 1.165) is 16.7 Å². The number of hydrogen-bond donors (Lipinski definition) is 2. The first-order chi connectivity index (χ1) is 17.4. The second-order valence-electron chi connectivity index (χ2n) is 8.23. The molecule has 2 N–H and O–H groups in total. The van der Waals surface area contributed by atoms with E-state index >= 15 is 0 Å². The second kappa shape index (κ2) is 11.5. The van der Waals surface area contributed by atoms with Gasteiger partial charge in [0.2, 0.25) is 0 Å². The fourth-order valence-electron chi connectivity index (χ4n) is 3.93. The van der Waals surface area contributed by atoms with E-state index in [1.54, 1.807) is 12.1 Å². The van der Waals surface area contributed by atoms with Crippen LogP contribution in [-0.2, 0) is 16.1 Å². The molecule has 6 nitrogen and oxygen atoms in total. The van der Waals surface area contributed by atoms with E-state index in [1.165, 1.54) is 12.7 Å². The molecule has 1 heterocycles. The molecule has 3 aromatic carbocycles. The van der Waals surface area contributed by atoms with Crippen LogP contribution in [-0.4, -0.2) is 24.8 Å². The lowest BCUT2D eigenvalue weighted by molar-refractivity contribution is -0.136. The molecule has 1 aliphatic rings. The average molecular weight is 523 g/mol. The lowest BCUT2D eigenvalue weighted by Gasteiger charge is -2.31. The van der Waals surface area contributed by atoms with Crippen molar-refractivity contribution in [2.24, 2.45) is 0 Å². The van der Waals surface area contributed by atoms with Gasteiger partial charge in [-0.15, -0.1) is 0 Å². The molecule has 1 aliphatic heterocycles. The molecule has 0 saturated carbocycles. The molecular formula is C28H27ClN2O4S. The Morgan fingerprint density at radius 1 is 1.00 bits per heavy atom. The van der Waals surface area contributed by atoms with Crippen LogP contribution in [0.3, 0.4) is 0 Å². The van der Waals surface area contributed by atoms with E-state index in [0.29, 0.717) is 46.1 Å². The molecule has 0 aromatic heterocycles. The number of carbonyl (C=O) groups is 1. The maximum absolute atomic E-state index is 13.0. The number of thiocarbonyl (C=S) groups is 1. The predicted octanol–water partition coefficient (Wildman–Crippen LogP) is 5.73. The zero-order valence-corrected chi connectivity index (χ0v) is 21.8. The molecule has 36 heavy (non-hydrogen) atoms. The van der Waals surface area contributed by atoms with Gasteiger partial charge in [-0.25, -0.2) is 4.79 Å². The van der Waals surface area contributed by atoms with Crippen molar-refractivity contribution in [2.45, 2.75) is 26.5 Å². The highest BCUT2D eigenvalue weighted by Crippen LogP contribution is 2.37. The summed E-state index contributed by atoms with van der Waals surface area (Å²) in [5.74, 6) is 0.704. The molecule has 0 aliphatic carbocycles. The summed E-state index contributed by atoms with van der Waals surface area (Å²) in [6, 6.07) is 20.4. The van der Waals surface area contributed by atoms with Crippen molar-refractivity contribution >= 4 is 40.6 Å². The van der Waals surface area contributed by atoms with Gasteiger partial charge in [0.05, 0.1) is 31.0 Å². The minimum atomic E-state index is -0.567. The van der Waals surface area contributed by atoms with Crippen LogP contribution in [0.25, 0.3) is 5.70 Å². The van der Waals surface area contributed by atoms with Crippen molar-refractivity contribution in [3.63, 3.8) is 0 Å². The maximum atomic E-state index is 13.0. The molecule has 0 bridgehead atoms. The Balaban J connectivity index is 1.71. The first-order valence-corrected chi connectivity index (χ1v) is 12.3. The minimum Gasteiger partial charge on any atom is -0.490 e. The number of nitrogens with one attached hydrogen (secondary N) is 2. The lowest BCUT2D eigenvalue weighted by Crippen LogP contribution is -2.45. The summed E-state index contributed by atoms with van der Waals surface area (Å²) in [5.41, 5.74) is 4.74. The molecule has 4 rings (SSSR count). The summed E-state index contributed by atoms with van der Waals surface area (Å²) in [5, 5.41) is 7.29. The Kier molecular flexibility index (Phi) is 8.13. The van der Waals surface area contributed by atoms with Crippen LogP contribution in [0.1, 0.15) is 35.2 Å². The Hall–Kier alpha value is -3.55. The van der Waals surface area contributed by atoms with Crippen molar-refractivity contribution in [1.82, 2.24) is 10.6 Å². The maximum Gasteiger partial charge on any atom is 0.338 e. The zero-order valence-electron chi connectivity index (χ0n) is 20.3. The first-order valence-electron chi connectivity index (χ1n) is 11.5. The number of hydrogen-bond acceptors (Lipinski definition) is 5. The Bertz CT molecular complexity index is 1290. The van der Waals surface area contributed by atoms with Crippen LogP contribution < -0.4 is 20.1 Å². The van der Waals surface area contributed by atoms with Crippen LogP contribution in [0.15, 0.2) is 72.3 Å². The SMILES string of the molecule is CCOc1cc([C@@H]2NC(=S)NC(c3ccc(Cl)cc3)=C2C(=O)OC)ccc1OCc1ccc(C)cc1. The van der Waals surface area contributed by atoms with Gasteiger partial charge < -0.3 is 24.8 Å². The number of aryl methyl sites for hydroxylation is 1. The average Bonchev–Trinajstić information content (AvgIpc) is 2.88. The topological polar surface area (TPSA) is 68.8 Å². The first kappa shape index (κ1) is 25.5. The predicted molar refractivity (Wildman–Crippen MR) is 145 cm³/mol. The molecule has 0 spiro atoms. The van der Waals surface area contributed by atoms with Crippen molar-refractivity contribution in [3.8, 4) is 11.5 Å². The van der Waals surface area contributed by atoms with Gasteiger partial charge in [-0.3, -0.25) is 0 Å². The number of carbonyl (C=O) groups excluding carboxylic acids is 1. The zero-order chi connectivity index (χ0) is 25.7. The number of methoxy groups -OCH3 is 1. The smallest absolute Gasteiger partial charge is 0.338 e. The van der Waals surface area contributed by atoms with Crippen LogP contribution in [0.4, 0.5) is 0 Å². The minimum absolute atomic E-state index is 0.385. The van der Waals surface area contributed by atoms with Gasteiger partial charge in [0.1, 0.15) is 6.61 Å². The van der Waals surface area contributed by atoms with Crippen LogP contribution >= 0.6 is 23.8 Å². The Labute approximate surface area is 221 Å². The number of benzene rings is 3. The van der Waals surface area contributed by atoms with Crippen molar-refractivity contribution < 1.29 is 19.0 Å². The fourth-order valence-corrected chi connectivity index (χ4v) is 4.27. The van der Waals surface area contributed by atoms with E-state index in [9.17, 15) is 4.79 Å². The largest absolute Gasteiger partial charge is 0.490 e. The molecule has 0 radical (unpaired) electrons. The number of esters is 1. The Morgan fingerprint density at radius 2 is 1.72 bits per heavy atom. The van der Waals surface area contributed by atoms with E-state index in [1.807, 2.05) is 56.3 Å². The van der Waals surface area contributed by atoms with Gasteiger partial charge in [0, 0.05) is 5.02 Å². The normalized spacial score (nSPS) is 15.1. The van der Waals surface area contributed by atoms with Crippen LogP contribution in [0, 0.1) is 6.92 Å². The number of rotatable bonds is 8. The van der Waals surface area contributed by atoms with Gasteiger partial charge in [-0.2, -0.15) is 0 Å². The highest BCUT2D eigenvalue weighted by molar-refractivity contribution is 7.80. The number of halogens is 1. The quantitative estimate of drug-likeness (QED) is 0.289. The van der Waals surface area contributed by atoms with E-state index in [-0.39, 0.29) is 0 Å². The van der Waals surface area contributed by atoms with Crippen molar-refractivity contribution in [3.05, 3.63) is 99.6 Å². The summed E-state index contributed by atoms with van der Waals surface area (Å²) >= 11 is 11.6. The third-order valence-electron chi connectivity index (χ3n) is 5.73. The van der Waals surface area contributed by atoms with Crippen molar-refractivity contribution in [1.29, 1.82) is 0 Å². The van der Waals surface area contributed by atoms with Gasteiger partial charge in [-0.05, 0) is 67.0 Å². The fraction of sp³-hybridized carbons (Fsp3) is 0.214. The summed E-state index contributed by atoms with van der Waals surface area (Å²) in [4.78, 5) is 13.0. The van der Waals surface area contributed by atoms with E-state index < -0.39 is 12.0 Å². The molecule has 0 fully saturated rings. The molecular weight excluding hydrogens is 496 g/mol. The summed E-state index contributed by atoms with van der Waals surface area (Å²) in [6.07, 6.45) is 0. The molecule has 0 unspecified atom stereocenters. The highest BCUT2D eigenvalue weighted by atomic mass is 35.5. The molecule has 8 heteroatoms.